The number of hydrogen-bond acceptors (Lipinski definition) is 4. The molecule has 1 fully saturated rings. The third-order valence-electron chi connectivity index (χ3n) is 5.47. The first-order valence-electron chi connectivity index (χ1n) is 10.5. The Kier molecular flexibility index (Phi) is 8.54. The van der Waals surface area contributed by atoms with Crippen LogP contribution < -0.4 is 10.6 Å². The summed E-state index contributed by atoms with van der Waals surface area (Å²) in [5.74, 6) is 2.72. The highest BCUT2D eigenvalue weighted by Crippen LogP contribution is 2.17. The second-order valence-electron chi connectivity index (χ2n) is 8.22. The lowest BCUT2D eigenvalue weighted by Crippen LogP contribution is -2.44. The third-order valence-corrected chi connectivity index (χ3v) is 5.47. The highest BCUT2D eigenvalue weighted by molar-refractivity contribution is 5.80. The van der Waals surface area contributed by atoms with Crippen molar-refractivity contribution >= 4 is 5.96 Å². The van der Waals surface area contributed by atoms with Crippen molar-refractivity contribution < 1.29 is 0 Å². The van der Waals surface area contributed by atoms with Crippen molar-refractivity contribution in [1.82, 2.24) is 30.3 Å². The second-order valence-corrected chi connectivity index (χ2v) is 8.22. The van der Waals surface area contributed by atoms with Crippen molar-refractivity contribution in [1.29, 1.82) is 0 Å². The molecule has 1 aromatic heterocycles. The Morgan fingerprint density at radius 2 is 1.85 bits per heavy atom. The van der Waals surface area contributed by atoms with Crippen LogP contribution in [0, 0.1) is 6.92 Å². The second kappa shape index (κ2) is 10.6. The zero-order valence-corrected chi connectivity index (χ0v) is 18.1. The third kappa shape index (κ3) is 6.79. The van der Waals surface area contributed by atoms with Crippen molar-refractivity contribution in [3.05, 3.63) is 11.6 Å². The van der Waals surface area contributed by atoms with E-state index in [0.717, 1.165) is 37.1 Å². The number of aromatic nitrogens is 3. The fraction of sp³-hybridized carbons (Fsp3) is 0.850. The molecule has 0 radical (unpaired) electrons. The number of aliphatic imine (C=N–C) groups is 1. The molecule has 0 bridgehead atoms. The van der Waals surface area contributed by atoms with E-state index in [1.54, 1.807) is 0 Å². The molecule has 0 amide bonds. The van der Waals surface area contributed by atoms with Gasteiger partial charge in [-0.25, -0.2) is 4.99 Å². The molecule has 0 saturated heterocycles. The summed E-state index contributed by atoms with van der Waals surface area (Å²) < 4.78 is 2.00. The normalized spacial score (nSPS) is 16.1. The lowest BCUT2D eigenvalue weighted by molar-refractivity contribution is 0.173. The van der Waals surface area contributed by atoms with E-state index < -0.39 is 0 Å². The van der Waals surface area contributed by atoms with Crippen LogP contribution in [0.2, 0.25) is 0 Å². The lowest BCUT2D eigenvalue weighted by atomic mass is 10.2. The van der Waals surface area contributed by atoms with Gasteiger partial charge in [-0.3, -0.25) is 4.90 Å². The van der Waals surface area contributed by atoms with Crippen LogP contribution in [-0.4, -0.2) is 56.8 Å². The van der Waals surface area contributed by atoms with Crippen molar-refractivity contribution in [3.8, 4) is 0 Å². The average molecular weight is 378 g/mol. The molecule has 1 saturated carbocycles. The molecule has 0 atom stereocenters. The summed E-state index contributed by atoms with van der Waals surface area (Å²) in [5, 5.41) is 15.5. The Morgan fingerprint density at radius 3 is 2.41 bits per heavy atom. The molecule has 1 aromatic rings. The molecule has 154 valence electrons. The van der Waals surface area contributed by atoms with Crippen LogP contribution in [-0.2, 0) is 13.6 Å². The number of hydrogen-bond donors (Lipinski definition) is 2. The summed E-state index contributed by atoms with van der Waals surface area (Å²) in [4.78, 5) is 7.31. The van der Waals surface area contributed by atoms with Gasteiger partial charge in [0.15, 0.2) is 11.8 Å². The minimum Gasteiger partial charge on any atom is -0.356 e. The van der Waals surface area contributed by atoms with E-state index in [-0.39, 0.29) is 0 Å². The molecule has 0 aliphatic heterocycles. The van der Waals surface area contributed by atoms with Crippen molar-refractivity contribution in [2.24, 2.45) is 12.0 Å². The van der Waals surface area contributed by atoms with E-state index in [9.17, 15) is 0 Å². The van der Waals surface area contributed by atoms with E-state index in [1.165, 1.54) is 25.7 Å². The number of nitrogens with zero attached hydrogens (tertiary/aromatic N) is 5. The summed E-state index contributed by atoms with van der Waals surface area (Å²) in [6.45, 7) is 13.6. The average Bonchev–Trinajstić information content (AvgIpc) is 3.23. The molecule has 1 heterocycles. The predicted octanol–water partition coefficient (Wildman–Crippen LogP) is 2.61. The summed E-state index contributed by atoms with van der Waals surface area (Å²) >= 11 is 0. The number of nitrogens with one attached hydrogen (secondary N) is 2. The fourth-order valence-corrected chi connectivity index (χ4v) is 3.74. The molecule has 1 aliphatic rings. The van der Waals surface area contributed by atoms with Crippen LogP contribution in [0.5, 0.6) is 0 Å². The molecule has 7 nitrogen and oxygen atoms in total. The quantitative estimate of drug-likeness (QED) is 0.393. The SMILES string of the molecule is Cc1nnc(CN=C(NCCCN(C(C)C)C(C)C)NC2CCCC2)n1C. The van der Waals surface area contributed by atoms with Gasteiger partial charge in [-0.1, -0.05) is 12.8 Å². The van der Waals surface area contributed by atoms with Crippen molar-refractivity contribution in [2.75, 3.05) is 13.1 Å². The van der Waals surface area contributed by atoms with E-state index in [4.69, 9.17) is 4.99 Å². The van der Waals surface area contributed by atoms with E-state index >= 15 is 0 Å². The zero-order chi connectivity index (χ0) is 19.8. The Bertz CT molecular complexity index is 577. The molecule has 0 unspecified atom stereocenters. The van der Waals surface area contributed by atoms with Gasteiger partial charge < -0.3 is 15.2 Å². The van der Waals surface area contributed by atoms with Gasteiger partial charge >= 0.3 is 0 Å². The van der Waals surface area contributed by atoms with E-state index in [1.807, 2.05) is 18.5 Å². The Hall–Kier alpha value is -1.63. The summed E-state index contributed by atoms with van der Waals surface area (Å²) in [5.41, 5.74) is 0. The molecule has 0 aromatic carbocycles. The lowest BCUT2D eigenvalue weighted by Gasteiger charge is -2.30. The topological polar surface area (TPSA) is 70.4 Å². The molecule has 0 spiro atoms. The van der Waals surface area contributed by atoms with Crippen LogP contribution in [0.4, 0.5) is 0 Å². The highest BCUT2D eigenvalue weighted by atomic mass is 15.3. The van der Waals surface area contributed by atoms with Crippen LogP contribution in [0.15, 0.2) is 4.99 Å². The molecule has 27 heavy (non-hydrogen) atoms. The number of rotatable bonds is 9. The zero-order valence-electron chi connectivity index (χ0n) is 18.1. The van der Waals surface area contributed by atoms with Gasteiger partial charge in [-0.15, -0.1) is 10.2 Å². The predicted molar refractivity (Wildman–Crippen MR) is 112 cm³/mol. The highest BCUT2D eigenvalue weighted by Gasteiger charge is 2.17. The van der Waals surface area contributed by atoms with Gasteiger partial charge in [-0.05, 0) is 53.9 Å². The Morgan fingerprint density at radius 1 is 1.19 bits per heavy atom. The number of guanidine groups is 1. The van der Waals surface area contributed by atoms with Crippen molar-refractivity contribution in [2.45, 2.75) is 91.4 Å². The smallest absolute Gasteiger partial charge is 0.191 e. The fourth-order valence-electron chi connectivity index (χ4n) is 3.74. The van der Waals surface area contributed by atoms with Crippen LogP contribution in [0.3, 0.4) is 0 Å². The minimum absolute atomic E-state index is 0.542. The van der Waals surface area contributed by atoms with Gasteiger partial charge in [0.05, 0.1) is 0 Å². The summed E-state index contributed by atoms with van der Waals surface area (Å²) in [6.07, 6.45) is 6.19. The maximum Gasteiger partial charge on any atom is 0.191 e. The molecular weight excluding hydrogens is 338 g/mol. The van der Waals surface area contributed by atoms with Gasteiger partial charge in [0.25, 0.3) is 0 Å². The maximum atomic E-state index is 4.78. The largest absolute Gasteiger partial charge is 0.356 e. The van der Waals surface area contributed by atoms with Gasteiger partial charge in [0.1, 0.15) is 12.4 Å². The van der Waals surface area contributed by atoms with Gasteiger partial charge in [-0.2, -0.15) is 0 Å². The van der Waals surface area contributed by atoms with Gasteiger partial charge in [0.2, 0.25) is 0 Å². The van der Waals surface area contributed by atoms with Crippen LogP contribution in [0.1, 0.15) is 71.4 Å². The molecular formula is C20H39N7. The van der Waals surface area contributed by atoms with Crippen LogP contribution >= 0.6 is 0 Å². The molecule has 2 rings (SSSR count). The summed E-state index contributed by atoms with van der Waals surface area (Å²) in [6, 6.07) is 1.70. The molecule has 7 heteroatoms. The van der Waals surface area contributed by atoms with E-state index in [2.05, 4.69) is 53.4 Å². The first kappa shape index (κ1) is 21.7. The first-order valence-corrected chi connectivity index (χ1v) is 10.5. The van der Waals surface area contributed by atoms with Gasteiger partial charge in [0, 0.05) is 38.3 Å². The monoisotopic (exact) mass is 377 g/mol. The van der Waals surface area contributed by atoms with Crippen molar-refractivity contribution in [3.63, 3.8) is 0 Å². The maximum absolute atomic E-state index is 4.78. The minimum atomic E-state index is 0.542. The Balaban J connectivity index is 1.89. The standard InChI is InChI=1S/C20H39N7/c1-15(2)27(16(3)4)13-9-12-21-20(23-18-10-7-8-11-18)22-14-19-25-24-17(5)26(19)6/h15-16,18H,7-14H2,1-6H3,(H2,21,22,23). The molecule has 2 N–H and O–H groups in total. The number of aryl methyl sites for hydroxylation is 1. The molecule has 1 aliphatic carbocycles. The summed E-state index contributed by atoms with van der Waals surface area (Å²) in [7, 11) is 1.99. The van der Waals surface area contributed by atoms with Crippen LogP contribution in [0.25, 0.3) is 0 Å². The van der Waals surface area contributed by atoms with E-state index in [0.29, 0.717) is 24.7 Å². The Labute approximate surface area is 165 Å². The first-order chi connectivity index (χ1) is 12.9.